The lowest BCUT2D eigenvalue weighted by Gasteiger charge is -2.25. The zero-order chi connectivity index (χ0) is 12.4. The van der Waals surface area contributed by atoms with Gasteiger partial charge in [-0.1, -0.05) is 28.1 Å². The summed E-state index contributed by atoms with van der Waals surface area (Å²) in [6.45, 7) is 1.72. The van der Waals surface area contributed by atoms with E-state index in [1.165, 1.54) is 0 Å². The summed E-state index contributed by atoms with van der Waals surface area (Å²) in [5.74, 6) is 0. The maximum absolute atomic E-state index is 11.4. The largest absolute Gasteiger partial charge is 0.326 e. The normalized spacial score (nSPS) is 19.4. The van der Waals surface area contributed by atoms with Crippen LogP contribution in [0.5, 0.6) is 0 Å². The summed E-state index contributed by atoms with van der Waals surface area (Å²) in [5, 5.41) is 14.5. The number of nitrogens with zero attached hydrogens (tertiary/aromatic N) is 1. The number of nitrogens with one attached hydrogen (secondary N) is 2. The van der Waals surface area contributed by atoms with E-state index in [1.807, 2.05) is 24.3 Å². The van der Waals surface area contributed by atoms with Crippen LogP contribution in [0.3, 0.4) is 0 Å². The summed E-state index contributed by atoms with van der Waals surface area (Å²) in [6.07, 6.45) is 0. The molecule has 1 unspecified atom stereocenters. The molecule has 17 heavy (non-hydrogen) atoms. The molecule has 1 aromatic rings. The highest BCUT2D eigenvalue weighted by atomic mass is 79.9. The molecule has 86 valence electrons. The van der Waals surface area contributed by atoms with E-state index in [0.29, 0.717) is 11.3 Å². The number of hydrogen-bond acceptors (Lipinski definition) is 2. The quantitative estimate of drug-likeness (QED) is 0.835. The molecule has 0 aromatic heterocycles. The van der Waals surface area contributed by atoms with Crippen LogP contribution < -0.4 is 10.6 Å². The van der Waals surface area contributed by atoms with E-state index in [9.17, 15) is 4.79 Å². The van der Waals surface area contributed by atoms with Gasteiger partial charge in [0.2, 0.25) is 0 Å². The van der Waals surface area contributed by atoms with Crippen LogP contribution in [-0.2, 0) is 0 Å². The predicted octanol–water partition coefficient (Wildman–Crippen LogP) is 2.60. The lowest BCUT2D eigenvalue weighted by molar-refractivity contribution is 0.239. The Kier molecular flexibility index (Phi) is 3.16. The first-order valence-electron chi connectivity index (χ1n) is 5.05. The van der Waals surface area contributed by atoms with Gasteiger partial charge in [-0.05, 0) is 24.6 Å². The van der Waals surface area contributed by atoms with Crippen molar-refractivity contribution in [2.45, 2.75) is 13.0 Å². The summed E-state index contributed by atoms with van der Waals surface area (Å²) in [7, 11) is 0. The lowest BCUT2D eigenvalue weighted by Crippen LogP contribution is -2.43. The summed E-state index contributed by atoms with van der Waals surface area (Å²) in [4.78, 5) is 11.4. The number of urea groups is 1. The Morgan fingerprint density at radius 2 is 2.24 bits per heavy atom. The number of carbonyl (C=O) groups is 1. The Hall–Kier alpha value is -1.80. The third-order valence-corrected chi connectivity index (χ3v) is 3.06. The Bertz CT molecular complexity index is 545. The summed E-state index contributed by atoms with van der Waals surface area (Å²) >= 11 is 3.37. The molecule has 0 bridgehead atoms. The molecule has 1 aromatic carbocycles. The van der Waals surface area contributed by atoms with E-state index in [4.69, 9.17) is 5.26 Å². The van der Waals surface area contributed by atoms with Crippen LogP contribution in [0.4, 0.5) is 4.79 Å². The molecule has 0 aliphatic carbocycles. The second-order valence-corrected chi connectivity index (χ2v) is 4.65. The van der Waals surface area contributed by atoms with Crippen molar-refractivity contribution in [3.05, 3.63) is 45.6 Å². The average molecular weight is 292 g/mol. The zero-order valence-corrected chi connectivity index (χ0v) is 10.7. The van der Waals surface area contributed by atoms with Gasteiger partial charge in [-0.3, -0.25) is 0 Å². The van der Waals surface area contributed by atoms with E-state index in [0.717, 1.165) is 10.0 Å². The molecule has 0 radical (unpaired) electrons. The Balaban J connectivity index is 2.47. The van der Waals surface area contributed by atoms with Gasteiger partial charge in [0.25, 0.3) is 0 Å². The highest BCUT2D eigenvalue weighted by Gasteiger charge is 2.26. The summed E-state index contributed by atoms with van der Waals surface area (Å²) in [6, 6.07) is 9.00. The summed E-state index contributed by atoms with van der Waals surface area (Å²) in [5.41, 5.74) is 2.01. The van der Waals surface area contributed by atoms with Gasteiger partial charge >= 0.3 is 6.03 Å². The number of hydrogen-bond donors (Lipinski definition) is 2. The molecule has 2 rings (SSSR count). The first kappa shape index (κ1) is 11.7. The number of nitriles is 1. The molecule has 0 saturated heterocycles. The molecule has 0 saturated carbocycles. The Morgan fingerprint density at radius 1 is 1.47 bits per heavy atom. The molecule has 1 aliphatic heterocycles. The van der Waals surface area contributed by atoms with Crippen molar-refractivity contribution in [3.8, 4) is 6.07 Å². The molecule has 2 N–H and O–H groups in total. The van der Waals surface area contributed by atoms with E-state index < -0.39 is 0 Å². The van der Waals surface area contributed by atoms with Gasteiger partial charge in [0.15, 0.2) is 0 Å². The van der Waals surface area contributed by atoms with Crippen LogP contribution in [0.25, 0.3) is 0 Å². The van der Waals surface area contributed by atoms with E-state index in [1.54, 1.807) is 6.92 Å². The fourth-order valence-corrected chi connectivity index (χ4v) is 2.19. The fraction of sp³-hybridized carbons (Fsp3) is 0.167. The maximum atomic E-state index is 11.4. The number of rotatable bonds is 1. The van der Waals surface area contributed by atoms with Crippen LogP contribution >= 0.6 is 15.9 Å². The summed E-state index contributed by atoms with van der Waals surface area (Å²) < 4.78 is 0.915. The van der Waals surface area contributed by atoms with Crippen molar-refractivity contribution in [2.24, 2.45) is 0 Å². The van der Waals surface area contributed by atoms with Crippen LogP contribution in [0.15, 0.2) is 40.0 Å². The van der Waals surface area contributed by atoms with Crippen LogP contribution in [0, 0.1) is 11.3 Å². The minimum absolute atomic E-state index is 0.286. The third-order valence-electron chi connectivity index (χ3n) is 2.57. The molecule has 2 amide bonds. The topological polar surface area (TPSA) is 64.9 Å². The lowest BCUT2D eigenvalue weighted by atomic mass is 9.97. The van der Waals surface area contributed by atoms with Crippen molar-refractivity contribution in [3.63, 3.8) is 0 Å². The standard InChI is InChI=1S/C12H10BrN3O/c1-7-10(6-14)11(16-12(17)15-7)8-3-2-4-9(13)5-8/h2-5,11H,1H3,(H2,15,16,17). The first-order chi connectivity index (χ1) is 8.11. The minimum atomic E-state index is -0.383. The Morgan fingerprint density at radius 3 is 2.88 bits per heavy atom. The molecular weight excluding hydrogens is 282 g/mol. The fourth-order valence-electron chi connectivity index (χ4n) is 1.78. The molecule has 5 heteroatoms. The number of carbonyl (C=O) groups excluding carboxylic acids is 1. The van der Waals surface area contributed by atoms with Crippen molar-refractivity contribution < 1.29 is 4.79 Å². The van der Waals surface area contributed by atoms with Crippen LogP contribution in [0.1, 0.15) is 18.5 Å². The van der Waals surface area contributed by atoms with E-state index in [2.05, 4.69) is 32.6 Å². The molecule has 1 aliphatic rings. The maximum Gasteiger partial charge on any atom is 0.319 e. The predicted molar refractivity (Wildman–Crippen MR) is 66.9 cm³/mol. The molecule has 1 atom stereocenters. The number of benzene rings is 1. The average Bonchev–Trinajstić information content (AvgIpc) is 2.28. The van der Waals surface area contributed by atoms with E-state index in [-0.39, 0.29) is 12.1 Å². The van der Waals surface area contributed by atoms with Gasteiger partial charge in [0.05, 0.1) is 17.7 Å². The van der Waals surface area contributed by atoms with Crippen molar-refractivity contribution >= 4 is 22.0 Å². The molecule has 0 spiro atoms. The highest BCUT2D eigenvalue weighted by molar-refractivity contribution is 9.10. The SMILES string of the molecule is CC1=C(C#N)C(c2cccc(Br)c2)NC(=O)N1. The number of amides is 2. The molecule has 1 heterocycles. The second-order valence-electron chi connectivity index (χ2n) is 3.74. The van der Waals surface area contributed by atoms with Gasteiger partial charge in [-0.25, -0.2) is 4.79 Å². The first-order valence-corrected chi connectivity index (χ1v) is 5.85. The van der Waals surface area contributed by atoms with Gasteiger partial charge in [-0.15, -0.1) is 0 Å². The second kappa shape index (κ2) is 4.60. The van der Waals surface area contributed by atoms with Gasteiger partial charge < -0.3 is 10.6 Å². The van der Waals surface area contributed by atoms with Crippen molar-refractivity contribution in [2.75, 3.05) is 0 Å². The molecular formula is C12H10BrN3O. The zero-order valence-electron chi connectivity index (χ0n) is 9.12. The van der Waals surface area contributed by atoms with Crippen molar-refractivity contribution in [1.29, 1.82) is 5.26 Å². The molecule has 4 nitrogen and oxygen atoms in total. The van der Waals surface area contributed by atoms with Gasteiger partial charge in [0, 0.05) is 10.2 Å². The van der Waals surface area contributed by atoms with E-state index >= 15 is 0 Å². The highest BCUT2D eigenvalue weighted by Crippen LogP contribution is 2.27. The van der Waals surface area contributed by atoms with Gasteiger partial charge in [0.1, 0.15) is 0 Å². The van der Waals surface area contributed by atoms with Crippen LogP contribution in [0.2, 0.25) is 0 Å². The van der Waals surface area contributed by atoms with Crippen molar-refractivity contribution in [1.82, 2.24) is 10.6 Å². The smallest absolute Gasteiger partial charge is 0.319 e. The monoisotopic (exact) mass is 291 g/mol. The third kappa shape index (κ3) is 2.32. The van der Waals surface area contributed by atoms with Gasteiger partial charge in [-0.2, -0.15) is 5.26 Å². The van der Waals surface area contributed by atoms with Crippen LogP contribution in [-0.4, -0.2) is 6.03 Å². The number of allylic oxidation sites excluding steroid dienone is 1. The Labute approximate surface area is 107 Å². The number of halogens is 1. The molecule has 0 fully saturated rings. The minimum Gasteiger partial charge on any atom is -0.326 e.